The van der Waals surface area contributed by atoms with Crippen LogP contribution >= 0.6 is 0 Å². The number of Topliss-reactive ketones (excluding diaryl/α,β-unsaturated/α-hetero) is 1. The molecule has 0 bridgehead atoms. The Balaban J connectivity index is 1.55. The van der Waals surface area contributed by atoms with E-state index >= 15 is 0 Å². The third-order valence-electron chi connectivity index (χ3n) is 3.94. The molecule has 118 valence electrons. The first-order valence-electron chi connectivity index (χ1n) is 7.80. The molecular weight excluding hydrogens is 288 g/mol. The number of ketones is 1. The van der Waals surface area contributed by atoms with Crippen molar-refractivity contribution in [1.29, 1.82) is 0 Å². The van der Waals surface area contributed by atoms with Crippen LogP contribution in [0.2, 0.25) is 0 Å². The lowest BCUT2D eigenvalue weighted by Gasteiger charge is -2.33. The fourth-order valence-electron chi connectivity index (χ4n) is 2.56. The Morgan fingerprint density at radius 2 is 1.57 bits per heavy atom. The van der Waals surface area contributed by atoms with Crippen LogP contribution in [-0.2, 0) is 0 Å². The summed E-state index contributed by atoms with van der Waals surface area (Å²) >= 11 is 0. The van der Waals surface area contributed by atoms with Gasteiger partial charge in [-0.15, -0.1) is 5.11 Å². The molecule has 23 heavy (non-hydrogen) atoms. The number of benzene rings is 2. The van der Waals surface area contributed by atoms with E-state index in [1.165, 1.54) is 5.69 Å². The van der Waals surface area contributed by atoms with Crippen LogP contribution in [0.25, 0.3) is 0 Å². The monoisotopic (exact) mass is 308 g/mol. The minimum Gasteiger partial charge on any atom is -0.368 e. The van der Waals surface area contributed by atoms with Crippen molar-refractivity contribution in [3.05, 3.63) is 60.2 Å². The molecule has 1 heterocycles. The molecule has 5 heteroatoms. The zero-order valence-corrected chi connectivity index (χ0v) is 13.2. The van der Waals surface area contributed by atoms with Crippen molar-refractivity contribution in [2.24, 2.45) is 10.3 Å². The van der Waals surface area contributed by atoms with Gasteiger partial charge in [0, 0.05) is 24.3 Å². The molecule has 3 rings (SSSR count). The minimum absolute atomic E-state index is 0.0607. The first kappa shape index (κ1) is 15.2. The lowest BCUT2D eigenvalue weighted by atomic mass is 10.1. The highest BCUT2D eigenvalue weighted by atomic mass is 16.1. The highest BCUT2D eigenvalue weighted by Gasteiger charge is 2.15. The maximum Gasteiger partial charge on any atom is 0.159 e. The van der Waals surface area contributed by atoms with E-state index in [1.807, 2.05) is 23.2 Å². The summed E-state index contributed by atoms with van der Waals surface area (Å²) in [5.74, 6) is 0.0607. The topological polar surface area (TPSA) is 48.3 Å². The van der Waals surface area contributed by atoms with E-state index in [2.05, 4.69) is 39.5 Å². The highest BCUT2D eigenvalue weighted by Crippen LogP contribution is 2.17. The Labute approximate surface area is 136 Å². The van der Waals surface area contributed by atoms with Crippen molar-refractivity contribution >= 4 is 17.2 Å². The van der Waals surface area contributed by atoms with Crippen molar-refractivity contribution in [2.45, 2.75) is 6.92 Å². The van der Waals surface area contributed by atoms with Crippen LogP contribution in [0.15, 0.2) is 64.9 Å². The summed E-state index contributed by atoms with van der Waals surface area (Å²) in [4.78, 5) is 13.6. The molecule has 1 aliphatic heterocycles. The minimum atomic E-state index is 0.0607. The third kappa shape index (κ3) is 3.94. The number of rotatable bonds is 4. The largest absolute Gasteiger partial charge is 0.368 e. The molecular formula is C18H20N4O. The maximum atomic E-state index is 11.2. The van der Waals surface area contributed by atoms with Crippen molar-refractivity contribution in [2.75, 3.05) is 31.1 Å². The van der Waals surface area contributed by atoms with Crippen molar-refractivity contribution < 1.29 is 4.79 Å². The summed E-state index contributed by atoms with van der Waals surface area (Å²) in [6, 6.07) is 17.6. The van der Waals surface area contributed by atoms with Gasteiger partial charge in [-0.3, -0.25) is 9.80 Å². The number of anilines is 1. The van der Waals surface area contributed by atoms with Gasteiger partial charge in [-0.25, -0.2) is 0 Å². The molecule has 1 aliphatic rings. The second-order valence-electron chi connectivity index (χ2n) is 5.57. The summed E-state index contributed by atoms with van der Waals surface area (Å²) < 4.78 is 0. The van der Waals surface area contributed by atoms with Gasteiger partial charge in [0.25, 0.3) is 0 Å². The SMILES string of the molecule is CC(=O)c1ccc(N=NN2CCN(c3ccccc3)CC2)cc1. The molecule has 1 fully saturated rings. The second kappa shape index (κ2) is 7.05. The maximum absolute atomic E-state index is 11.2. The lowest BCUT2D eigenvalue weighted by molar-refractivity contribution is 0.101. The van der Waals surface area contributed by atoms with E-state index in [0.717, 1.165) is 31.9 Å². The summed E-state index contributed by atoms with van der Waals surface area (Å²) in [7, 11) is 0. The van der Waals surface area contributed by atoms with Crippen molar-refractivity contribution in [3.63, 3.8) is 0 Å². The van der Waals surface area contributed by atoms with Gasteiger partial charge in [-0.1, -0.05) is 23.4 Å². The van der Waals surface area contributed by atoms with E-state index in [-0.39, 0.29) is 5.78 Å². The number of piperazine rings is 1. The number of nitrogens with zero attached hydrogens (tertiary/aromatic N) is 4. The van der Waals surface area contributed by atoms with Crippen LogP contribution < -0.4 is 4.90 Å². The molecule has 0 unspecified atom stereocenters. The number of carbonyl (C=O) groups is 1. The van der Waals surface area contributed by atoms with Crippen LogP contribution in [0, 0.1) is 0 Å². The molecule has 0 N–H and O–H groups in total. The Morgan fingerprint density at radius 3 is 2.17 bits per heavy atom. The molecule has 2 aromatic rings. The summed E-state index contributed by atoms with van der Waals surface area (Å²) in [5, 5.41) is 10.5. The first-order chi connectivity index (χ1) is 11.2. The number of hydrogen-bond acceptors (Lipinski definition) is 4. The molecule has 5 nitrogen and oxygen atoms in total. The standard InChI is InChI=1S/C18H20N4O/c1-15(23)16-7-9-17(10-8-16)19-20-22-13-11-21(12-14-22)18-5-3-2-4-6-18/h2-10H,11-14H2,1H3. The van der Waals surface area contributed by atoms with Gasteiger partial charge in [-0.05, 0) is 43.3 Å². The molecule has 0 atom stereocenters. The van der Waals surface area contributed by atoms with Gasteiger partial charge in [0.1, 0.15) is 0 Å². The fourth-order valence-corrected chi connectivity index (χ4v) is 2.56. The van der Waals surface area contributed by atoms with Gasteiger partial charge in [0.15, 0.2) is 5.78 Å². The predicted octanol–water partition coefficient (Wildman–Crippen LogP) is 3.71. The van der Waals surface area contributed by atoms with Crippen molar-refractivity contribution in [1.82, 2.24) is 5.01 Å². The van der Waals surface area contributed by atoms with E-state index < -0.39 is 0 Å². The van der Waals surface area contributed by atoms with E-state index in [0.29, 0.717) is 5.56 Å². The third-order valence-corrected chi connectivity index (χ3v) is 3.94. The quantitative estimate of drug-likeness (QED) is 0.639. The Kier molecular flexibility index (Phi) is 4.66. The molecule has 0 aliphatic carbocycles. The van der Waals surface area contributed by atoms with E-state index in [9.17, 15) is 4.79 Å². The van der Waals surface area contributed by atoms with E-state index in [4.69, 9.17) is 0 Å². The zero-order chi connectivity index (χ0) is 16.1. The molecule has 0 saturated carbocycles. The molecule has 1 saturated heterocycles. The van der Waals surface area contributed by atoms with Crippen molar-refractivity contribution in [3.8, 4) is 0 Å². The average Bonchev–Trinajstić information content (AvgIpc) is 2.61. The normalized spacial score (nSPS) is 15.2. The Hall–Kier alpha value is -2.69. The molecule has 0 aromatic heterocycles. The first-order valence-corrected chi connectivity index (χ1v) is 7.80. The predicted molar refractivity (Wildman–Crippen MR) is 91.2 cm³/mol. The summed E-state index contributed by atoms with van der Waals surface area (Å²) in [6.45, 7) is 5.13. The number of carbonyl (C=O) groups excluding carboxylic acids is 1. The zero-order valence-electron chi connectivity index (χ0n) is 13.2. The fraction of sp³-hybridized carbons (Fsp3) is 0.278. The van der Waals surface area contributed by atoms with Gasteiger partial charge in [0.2, 0.25) is 0 Å². The number of para-hydroxylation sites is 1. The number of hydrogen-bond donors (Lipinski definition) is 0. The van der Waals surface area contributed by atoms with E-state index in [1.54, 1.807) is 19.1 Å². The summed E-state index contributed by atoms with van der Waals surface area (Å²) in [6.07, 6.45) is 0. The Bertz CT molecular complexity index is 674. The van der Waals surface area contributed by atoms with Crippen LogP contribution in [0.3, 0.4) is 0 Å². The van der Waals surface area contributed by atoms with Gasteiger partial charge in [-0.2, -0.15) is 0 Å². The van der Waals surface area contributed by atoms with Gasteiger partial charge >= 0.3 is 0 Å². The lowest BCUT2D eigenvalue weighted by Crippen LogP contribution is -2.43. The molecule has 2 aromatic carbocycles. The second-order valence-corrected chi connectivity index (χ2v) is 5.57. The molecule has 0 radical (unpaired) electrons. The average molecular weight is 308 g/mol. The molecule has 0 spiro atoms. The molecule has 0 amide bonds. The van der Waals surface area contributed by atoms with Crippen LogP contribution in [0.1, 0.15) is 17.3 Å². The van der Waals surface area contributed by atoms with Gasteiger partial charge < -0.3 is 4.90 Å². The Morgan fingerprint density at radius 1 is 0.913 bits per heavy atom. The van der Waals surface area contributed by atoms with Crippen LogP contribution in [-0.4, -0.2) is 37.0 Å². The van der Waals surface area contributed by atoms with Crippen LogP contribution in [0.5, 0.6) is 0 Å². The highest BCUT2D eigenvalue weighted by molar-refractivity contribution is 5.94. The van der Waals surface area contributed by atoms with Crippen LogP contribution in [0.4, 0.5) is 11.4 Å². The van der Waals surface area contributed by atoms with Gasteiger partial charge in [0.05, 0.1) is 18.8 Å². The smallest absolute Gasteiger partial charge is 0.159 e. The summed E-state index contributed by atoms with van der Waals surface area (Å²) in [5.41, 5.74) is 2.71.